The van der Waals surface area contributed by atoms with Crippen LogP contribution in [0, 0.1) is 0 Å². The van der Waals surface area contributed by atoms with Crippen LogP contribution in [0.25, 0.3) is 10.9 Å². The first-order valence-corrected chi connectivity index (χ1v) is 13.0. The van der Waals surface area contributed by atoms with Gasteiger partial charge in [0.05, 0.1) is 40.0 Å². The first kappa shape index (κ1) is 25.6. The average Bonchev–Trinajstić information content (AvgIpc) is 3.19. The third-order valence-corrected chi connectivity index (χ3v) is 8.20. The van der Waals surface area contributed by atoms with Crippen molar-refractivity contribution >= 4 is 32.3 Å². The van der Waals surface area contributed by atoms with Crippen LogP contribution in [0.3, 0.4) is 0 Å². The zero-order valence-corrected chi connectivity index (χ0v) is 20.4. The number of rotatable bonds is 6. The molecule has 0 radical (unpaired) electrons. The number of nitrogens with zero attached hydrogens (tertiary/aromatic N) is 3. The summed E-state index contributed by atoms with van der Waals surface area (Å²) >= 11 is 6.04. The fourth-order valence-corrected chi connectivity index (χ4v) is 5.62. The zero-order valence-electron chi connectivity index (χ0n) is 18.8. The molecule has 0 spiro atoms. The fourth-order valence-electron chi connectivity index (χ4n) is 4.32. The molecule has 1 fully saturated rings. The fraction of sp³-hybridized carbons (Fsp3) is 0.391. The first-order valence-electron chi connectivity index (χ1n) is 11.0. The van der Waals surface area contributed by atoms with Gasteiger partial charge in [0.1, 0.15) is 0 Å². The Morgan fingerprint density at radius 1 is 1.17 bits per heavy atom. The van der Waals surface area contributed by atoms with Gasteiger partial charge in [0.25, 0.3) is 5.56 Å². The third-order valence-electron chi connectivity index (χ3n) is 6.14. The predicted molar refractivity (Wildman–Crippen MR) is 127 cm³/mol. The molecule has 0 bridgehead atoms. The Kier molecular flexibility index (Phi) is 6.98. The lowest BCUT2D eigenvalue weighted by atomic mass is 10.0. The van der Waals surface area contributed by atoms with E-state index in [0.29, 0.717) is 19.5 Å². The second-order valence-corrected chi connectivity index (χ2v) is 11.3. The van der Waals surface area contributed by atoms with Gasteiger partial charge in [-0.1, -0.05) is 18.5 Å². The number of benzene rings is 2. The molecule has 2 N–H and O–H groups in total. The highest BCUT2D eigenvalue weighted by molar-refractivity contribution is 7.91. The summed E-state index contributed by atoms with van der Waals surface area (Å²) in [5, 5.41) is 0.0612. The molecule has 12 heteroatoms. The summed E-state index contributed by atoms with van der Waals surface area (Å²) in [6.45, 7) is 2.40. The van der Waals surface area contributed by atoms with Gasteiger partial charge >= 0.3 is 6.18 Å². The minimum atomic E-state index is -4.67. The van der Waals surface area contributed by atoms with Gasteiger partial charge < -0.3 is 5.73 Å². The molecule has 1 atom stereocenters. The first-order chi connectivity index (χ1) is 16.4. The number of halogens is 4. The average molecular weight is 529 g/mol. The summed E-state index contributed by atoms with van der Waals surface area (Å²) in [6.07, 6.45) is -2.76. The Morgan fingerprint density at radius 2 is 1.91 bits per heavy atom. The van der Waals surface area contributed by atoms with E-state index in [9.17, 15) is 26.4 Å². The molecule has 0 amide bonds. The molecule has 4 rings (SSSR count). The van der Waals surface area contributed by atoms with Gasteiger partial charge in [0, 0.05) is 30.7 Å². The summed E-state index contributed by atoms with van der Waals surface area (Å²) in [6, 6.07) is 6.25. The van der Waals surface area contributed by atoms with E-state index in [1.54, 1.807) is 0 Å². The van der Waals surface area contributed by atoms with Gasteiger partial charge in [-0.15, -0.1) is 0 Å². The molecule has 1 aromatic heterocycles. The van der Waals surface area contributed by atoms with E-state index >= 15 is 0 Å². The van der Waals surface area contributed by atoms with Crippen molar-refractivity contribution < 1.29 is 21.6 Å². The summed E-state index contributed by atoms with van der Waals surface area (Å²) in [5.41, 5.74) is 4.67. The molecule has 1 saturated heterocycles. The Labute approximate surface area is 205 Å². The summed E-state index contributed by atoms with van der Waals surface area (Å²) < 4.78 is 67.8. The highest BCUT2D eigenvalue weighted by Gasteiger charge is 2.35. The van der Waals surface area contributed by atoms with Crippen molar-refractivity contribution in [1.82, 2.24) is 14.5 Å². The lowest BCUT2D eigenvalue weighted by Gasteiger charge is -2.20. The van der Waals surface area contributed by atoms with Crippen molar-refractivity contribution in [2.24, 2.45) is 5.73 Å². The van der Waals surface area contributed by atoms with Gasteiger partial charge in [-0.25, -0.2) is 13.4 Å². The number of sulfone groups is 1. The van der Waals surface area contributed by atoms with E-state index in [-0.39, 0.29) is 56.8 Å². The van der Waals surface area contributed by atoms with Crippen LogP contribution in [-0.2, 0) is 29.1 Å². The summed E-state index contributed by atoms with van der Waals surface area (Å²) in [5.74, 6) is -0.161. The number of likely N-dealkylation sites (tertiary alicyclic amines) is 1. The molecule has 35 heavy (non-hydrogen) atoms. The number of hydrogen-bond donors (Lipinski definition) is 1. The molecule has 1 aliphatic heterocycles. The SMILES string of the molecule is CCS(=O)(=O)c1ccc(Cl)cc1Cn1cnc2cc(CN3CC[C@@H](N)C3)c(C(F)(F)F)cc2c1=O. The quantitative estimate of drug-likeness (QED) is 0.526. The van der Waals surface area contributed by atoms with Crippen LogP contribution in [0.4, 0.5) is 13.2 Å². The van der Waals surface area contributed by atoms with Gasteiger partial charge in [0.2, 0.25) is 0 Å². The van der Waals surface area contributed by atoms with Crippen molar-refractivity contribution in [3.05, 3.63) is 68.7 Å². The molecule has 0 saturated carbocycles. The second-order valence-electron chi connectivity index (χ2n) is 8.64. The monoisotopic (exact) mass is 528 g/mol. The van der Waals surface area contributed by atoms with Crippen LogP contribution >= 0.6 is 11.6 Å². The van der Waals surface area contributed by atoms with E-state index in [4.69, 9.17) is 17.3 Å². The molecule has 7 nitrogen and oxygen atoms in total. The van der Waals surface area contributed by atoms with Gasteiger partial charge in [0.15, 0.2) is 9.84 Å². The van der Waals surface area contributed by atoms with E-state index in [2.05, 4.69) is 4.98 Å². The third kappa shape index (κ3) is 5.37. The minimum absolute atomic E-state index is 0.00606. The van der Waals surface area contributed by atoms with Crippen molar-refractivity contribution in [1.29, 1.82) is 0 Å². The smallest absolute Gasteiger partial charge is 0.326 e. The molecule has 1 aliphatic rings. The van der Waals surface area contributed by atoms with Crippen LogP contribution in [-0.4, -0.2) is 47.8 Å². The van der Waals surface area contributed by atoms with E-state index in [1.807, 2.05) is 4.90 Å². The molecule has 2 aromatic carbocycles. The van der Waals surface area contributed by atoms with Gasteiger partial charge in [-0.05, 0) is 47.9 Å². The molecular formula is C23H24ClF3N4O3S. The Bertz CT molecular complexity index is 1440. The summed E-state index contributed by atoms with van der Waals surface area (Å²) in [4.78, 5) is 19.2. The van der Waals surface area contributed by atoms with Crippen molar-refractivity contribution in [2.45, 2.75) is 43.5 Å². The molecule has 0 aliphatic carbocycles. The highest BCUT2D eigenvalue weighted by Crippen LogP contribution is 2.35. The molecule has 188 valence electrons. The molecule has 3 aromatic rings. The number of alkyl halides is 3. The number of aromatic nitrogens is 2. The van der Waals surface area contributed by atoms with E-state index in [0.717, 1.165) is 10.6 Å². The maximum atomic E-state index is 13.9. The number of nitrogens with two attached hydrogens (primary N) is 1. The lowest BCUT2D eigenvalue weighted by molar-refractivity contribution is -0.138. The van der Waals surface area contributed by atoms with Crippen molar-refractivity contribution in [2.75, 3.05) is 18.8 Å². The molecular weight excluding hydrogens is 505 g/mol. The Balaban J connectivity index is 1.79. The van der Waals surface area contributed by atoms with Crippen molar-refractivity contribution in [3.63, 3.8) is 0 Å². The van der Waals surface area contributed by atoms with Crippen LogP contribution in [0.5, 0.6) is 0 Å². The predicted octanol–water partition coefficient (Wildman–Crippen LogP) is 3.44. The second kappa shape index (κ2) is 9.53. The maximum Gasteiger partial charge on any atom is 0.416 e. The van der Waals surface area contributed by atoms with Gasteiger partial charge in [-0.3, -0.25) is 14.3 Å². The van der Waals surface area contributed by atoms with Crippen LogP contribution in [0.1, 0.15) is 30.0 Å². The Hall–Kier alpha value is -2.47. The number of fused-ring (bicyclic) bond motifs is 1. The zero-order chi connectivity index (χ0) is 25.5. The minimum Gasteiger partial charge on any atom is -0.326 e. The van der Waals surface area contributed by atoms with Crippen LogP contribution in [0.15, 0.2) is 46.3 Å². The normalized spacial score (nSPS) is 17.4. The topological polar surface area (TPSA) is 98.3 Å². The lowest BCUT2D eigenvalue weighted by Crippen LogP contribution is -2.27. The molecule has 0 unspecified atom stereocenters. The molecule has 2 heterocycles. The standard InChI is InChI=1S/C23H24ClF3N4O3S/c1-2-35(33,34)21-4-3-16(24)7-15(21)11-31-13-29-20-8-14(10-30-6-5-17(28)12-30)19(23(25,26)27)9-18(20)22(31)32/h3-4,7-9,13,17H,2,5-6,10-12,28H2,1H3/t17-/m1/s1. The van der Waals surface area contributed by atoms with E-state index in [1.165, 1.54) is 37.5 Å². The van der Waals surface area contributed by atoms with Crippen molar-refractivity contribution in [3.8, 4) is 0 Å². The highest BCUT2D eigenvalue weighted by atomic mass is 35.5. The van der Waals surface area contributed by atoms with E-state index < -0.39 is 27.1 Å². The maximum absolute atomic E-state index is 13.9. The number of hydrogen-bond acceptors (Lipinski definition) is 6. The summed E-state index contributed by atoms with van der Waals surface area (Å²) in [7, 11) is -3.63. The van der Waals surface area contributed by atoms with Crippen LogP contribution < -0.4 is 11.3 Å². The largest absolute Gasteiger partial charge is 0.416 e. The van der Waals surface area contributed by atoms with Gasteiger partial charge in [-0.2, -0.15) is 13.2 Å². The Morgan fingerprint density at radius 3 is 2.54 bits per heavy atom. The van der Waals surface area contributed by atoms with Crippen LogP contribution in [0.2, 0.25) is 5.02 Å².